The van der Waals surface area contributed by atoms with Crippen molar-refractivity contribution in [1.29, 1.82) is 0 Å². The minimum Gasteiger partial charge on any atom is -0.355 e. The molecule has 3 rings (SSSR count). The molecule has 1 amide bonds. The second kappa shape index (κ2) is 10.3. The van der Waals surface area contributed by atoms with Crippen LogP contribution in [-0.2, 0) is 11.3 Å². The molecule has 1 N–H and O–H groups in total. The molecule has 0 fully saturated rings. The molecule has 0 aliphatic carbocycles. The maximum atomic E-state index is 13.0. The van der Waals surface area contributed by atoms with E-state index >= 15 is 0 Å². The highest BCUT2D eigenvalue weighted by Crippen LogP contribution is 2.24. The van der Waals surface area contributed by atoms with Crippen LogP contribution in [0.1, 0.15) is 38.7 Å². The molecule has 2 aromatic carbocycles. The molecule has 2 atom stereocenters. The molecule has 0 radical (unpaired) electrons. The molecule has 1 aromatic heterocycles. The molecular formula is C23H26BrN3O2S. The van der Waals surface area contributed by atoms with E-state index in [1.807, 2.05) is 44.2 Å². The van der Waals surface area contributed by atoms with Gasteiger partial charge < -0.3 is 5.32 Å². The first-order chi connectivity index (χ1) is 14.4. The van der Waals surface area contributed by atoms with Crippen molar-refractivity contribution >= 4 is 44.5 Å². The molecule has 5 nitrogen and oxygen atoms in total. The molecule has 0 spiro atoms. The average molecular weight is 488 g/mol. The Balaban J connectivity index is 1.75. The van der Waals surface area contributed by atoms with Gasteiger partial charge in [-0.2, -0.15) is 0 Å². The Bertz CT molecular complexity index is 1080. The lowest BCUT2D eigenvalue weighted by Gasteiger charge is -2.18. The van der Waals surface area contributed by atoms with E-state index in [0.29, 0.717) is 29.1 Å². The topological polar surface area (TPSA) is 64.0 Å². The van der Waals surface area contributed by atoms with Gasteiger partial charge in [-0.1, -0.05) is 71.9 Å². The van der Waals surface area contributed by atoms with Crippen molar-refractivity contribution in [2.75, 3.05) is 6.54 Å². The number of benzene rings is 2. The molecule has 0 aliphatic rings. The summed E-state index contributed by atoms with van der Waals surface area (Å²) in [5, 5.41) is 3.82. The fourth-order valence-electron chi connectivity index (χ4n) is 3.19. The highest BCUT2D eigenvalue weighted by atomic mass is 79.9. The predicted molar refractivity (Wildman–Crippen MR) is 127 cm³/mol. The van der Waals surface area contributed by atoms with Crippen LogP contribution >= 0.6 is 27.7 Å². The minimum atomic E-state index is -0.365. The Morgan fingerprint density at radius 1 is 1.20 bits per heavy atom. The summed E-state index contributed by atoms with van der Waals surface area (Å²) >= 11 is 4.75. The summed E-state index contributed by atoms with van der Waals surface area (Å²) in [5.41, 5.74) is 1.76. The lowest BCUT2D eigenvalue weighted by Crippen LogP contribution is -2.34. The van der Waals surface area contributed by atoms with Crippen molar-refractivity contribution in [1.82, 2.24) is 14.9 Å². The summed E-state index contributed by atoms with van der Waals surface area (Å²) in [6.45, 7) is 7.09. The summed E-state index contributed by atoms with van der Waals surface area (Å²) in [5.74, 6) is 0.166. The predicted octanol–water partition coefficient (Wildman–Crippen LogP) is 4.97. The zero-order valence-electron chi connectivity index (χ0n) is 17.4. The Labute approximate surface area is 189 Å². The maximum Gasteiger partial charge on any atom is 0.262 e. The molecule has 1 heterocycles. The zero-order chi connectivity index (χ0) is 21.7. The average Bonchev–Trinajstić information content (AvgIpc) is 2.75. The largest absolute Gasteiger partial charge is 0.355 e. The molecule has 3 aromatic rings. The summed E-state index contributed by atoms with van der Waals surface area (Å²) in [6.07, 6.45) is 0.809. The number of hydrogen-bond acceptors (Lipinski definition) is 4. The van der Waals surface area contributed by atoms with Gasteiger partial charge in [0.1, 0.15) is 0 Å². The van der Waals surface area contributed by atoms with E-state index in [1.54, 1.807) is 10.6 Å². The van der Waals surface area contributed by atoms with Crippen LogP contribution in [0.2, 0.25) is 0 Å². The summed E-state index contributed by atoms with van der Waals surface area (Å²) in [6, 6.07) is 15.6. The van der Waals surface area contributed by atoms with E-state index in [1.165, 1.54) is 17.3 Å². The van der Waals surface area contributed by atoms with Gasteiger partial charge in [0.05, 0.1) is 16.2 Å². The second-order valence-electron chi connectivity index (χ2n) is 7.33. The van der Waals surface area contributed by atoms with Crippen molar-refractivity contribution in [3.8, 4) is 0 Å². The first-order valence-electron chi connectivity index (χ1n) is 10.1. The molecule has 2 unspecified atom stereocenters. The van der Waals surface area contributed by atoms with Gasteiger partial charge in [-0.25, -0.2) is 4.98 Å². The zero-order valence-corrected chi connectivity index (χ0v) is 19.8. The third-order valence-electron chi connectivity index (χ3n) is 4.93. The van der Waals surface area contributed by atoms with Crippen LogP contribution in [0.3, 0.4) is 0 Å². The Morgan fingerprint density at radius 2 is 1.93 bits per heavy atom. The van der Waals surface area contributed by atoms with E-state index in [4.69, 9.17) is 0 Å². The lowest BCUT2D eigenvalue weighted by atomic mass is 10.0. The van der Waals surface area contributed by atoms with Crippen LogP contribution in [0.15, 0.2) is 63.0 Å². The number of nitrogens with zero attached hydrogens (tertiary/aromatic N) is 2. The first kappa shape index (κ1) is 22.6. The number of hydrogen-bond donors (Lipinski definition) is 1. The van der Waals surface area contributed by atoms with Gasteiger partial charge in [0.25, 0.3) is 5.56 Å². The number of aromatic nitrogens is 2. The van der Waals surface area contributed by atoms with E-state index in [9.17, 15) is 9.59 Å². The molecule has 0 aliphatic heterocycles. The number of amides is 1. The van der Waals surface area contributed by atoms with Crippen LogP contribution in [0.5, 0.6) is 0 Å². The standard InChI is InChI=1S/C23H26BrN3O2S/c1-4-12-27-22(29)19-13-18(24)10-11-20(19)26-23(27)30-16(3)21(28)25-14-15(2)17-8-6-5-7-9-17/h5-11,13,15-16H,4,12,14H2,1-3H3,(H,25,28). The molecule has 7 heteroatoms. The lowest BCUT2D eigenvalue weighted by molar-refractivity contribution is -0.120. The number of nitrogens with one attached hydrogen (secondary N) is 1. The summed E-state index contributed by atoms with van der Waals surface area (Å²) < 4.78 is 2.52. The first-order valence-corrected chi connectivity index (χ1v) is 11.8. The van der Waals surface area contributed by atoms with E-state index in [-0.39, 0.29) is 22.6 Å². The van der Waals surface area contributed by atoms with Crippen molar-refractivity contribution < 1.29 is 4.79 Å². The molecule has 0 saturated heterocycles. The Hall–Kier alpha value is -2.12. The molecule has 0 bridgehead atoms. The van der Waals surface area contributed by atoms with Crippen LogP contribution in [0.4, 0.5) is 0 Å². The van der Waals surface area contributed by atoms with Crippen LogP contribution < -0.4 is 10.9 Å². The highest BCUT2D eigenvalue weighted by molar-refractivity contribution is 9.10. The van der Waals surface area contributed by atoms with Gasteiger partial charge in [0, 0.05) is 17.6 Å². The van der Waals surface area contributed by atoms with Crippen molar-refractivity contribution in [3.05, 3.63) is 68.9 Å². The molecule has 158 valence electrons. The third kappa shape index (κ3) is 5.32. The Morgan fingerprint density at radius 3 is 2.63 bits per heavy atom. The van der Waals surface area contributed by atoms with Crippen molar-refractivity contribution in [2.24, 2.45) is 0 Å². The third-order valence-corrected chi connectivity index (χ3v) is 6.51. The quantitative estimate of drug-likeness (QED) is 0.359. The van der Waals surface area contributed by atoms with Gasteiger partial charge in [-0.15, -0.1) is 0 Å². The van der Waals surface area contributed by atoms with Crippen molar-refractivity contribution in [3.63, 3.8) is 0 Å². The molecule has 30 heavy (non-hydrogen) atoms. The van der Waals surface area contributed by atoms with Crippen LogP contribution in [0, 0.1) is 0 Å². The smallest absolute Gasteiger partial charge is 0.262 e. The molecular weight excluding hydrogens is 462 g/mol. The summed E-state index contributed by atoms with van der Waals surface area (Å²) in [7, 11) is 0. The number of fused-ring (bicyclic) bond motifs is 1. The van der Waals surface area contributed by atoms with Gasteiger partial charge >= 0.3 is 0 Å². The fourth-order valence-corrected chi connectivity index (χ4v) is 4.51. The minimum absolute atomic E-state index is 0.0593. The maximum absolute atomic E-state index is 13.0. The number of carbonyl (C=O) groups is 1. The Kier molecular flexibility index (Phi) is 7.72. The van der Waals surface area contributed by atoms with E-state index < -0.39 is 0 Å². The highest BCUT2D eigenvalue weighted by Gasteiger charge is 2.20. The SMILES string of the molecule is CCCn1c(SC(C)C(=O)NCC(C)c2ccccc2)nc2ccc(Br)cc2c1=O. The monoisotopic (exact) mass is 487 g/mol. The van der Waals surface area contributed by atoms with Crippen molar-refractivity contribution in [2.45, 2.75) is 50.1 Å². The number of carbonyl (C=O) groups excluding carboxylic acids is 1. The molecule has 0 saturated carbocycles. The second-order valence-corrected chi connectivity index (χ2v) is 9.55. The van der Waals surface area contributed by atoms with Gasteiger partial charge in [-0.05, 0) is 43.0 Å². The summed E-state index contributed by atoms with van der Waals surface area (Å²) in [4.78, 5) is 30.4. The van der Waals surface area contributed by atoms with E-state index in [0.717, 1.165) is 10.9 Å². The van der Waals surface area contributed by atoms with Gasteiger partial charge in [-0.3, -0.25) is 14.2 Å². The number of halogens is 1. The number of thioether (sulfide) groups is 1. The fraction of sp³-hybridized carbons (Fsp3) is 0.348. The normalized spacial score (nSPS) is 13.2. The van der Waals surface area contributed by atoms with Gasteiger partial charge in [0.2, 0.25) is 5.91 Å². The number of rotatable bonds is 8. The van der Waals surface area contributed by atoms with E-state index in [2.05, 4.69) is 45.3 Å². The van der Waals surface area contributed by atoms with Gasteiger partial charge in [0.15, 0.2) is 5.16 Å². The van der Waals surface area contributed by atoms with Crippen LogP contribution in [0.25, 0.3) is 10.9 Å². The van der Waals surface area contributed by atoms with Crippen LogP contribution in [-0.4, -0.2) is 27.3 Å².